The van der Waals surface area contributed by atoms with Gasteiger partial charge in [0.15, 0.2) is 17.1 Å². The third-order valence-electron chi connectivity index (χ3n) is 4.54. The van der Waals surface area contributed by atoms with Crippen LogP contribution in [-0.4, -0.2) is 14.8 Å². The van der Waals surface area contributed by atoms with Crippen LogP contribution in [0.5, 0.6) is 5.75 Å². The summed E-state index contributed by atoms with van der Waals surface area (Å²) in [6.07, 6.45) is 1.62. The van der Waals surface area contributed by atoms with Gasteiger partial charge in [-0.25, -0.2) is 0 Å². The Bertz CT molecular complexity index is 953. The van der Waals surface area contributed by atoms with Crippen molar-refractivity contribution in [1.82, 2.24) is 14.8 Å². The van der Waals surface area contributed by atoms with Crippen LogP contribution in [0.1, 0.15) is 49.7 Å². The zero-order valence-electron chi connectivity index (χ0n) is 17.0. The number of aromatic nitrogens is 3. The molecule has 6 heteroatoms. The van der Waals surface area contributed by atoms with Crippen molar-refractivity contribution in [2.75, 3.05) is 0 Å². The quantitative estimate of drug-likeness (QED) is 0.282. The van der Waals surface area contributed by atoms with E-state index in [2.05, 4.69) is 53.4 Å². The maximum absolute atomic E-state index is 6.13. The number of nitrogens with zero attached hydrogens (tertiary/aromatic N) is 3. The van der Waals surface area contributed by atoms with Gasteiger partial charge in [0.1, 0.15) is 5.75 Å². The van der Waals surface area contributed by atoms with Crippen molar-refractivity contribution >= 4 is 23.4 Å². The number of thioether (sulfide) groups is 1. The molecule has 0 aliphatic heterocycles. The van der Waals surface area contributed by atoms with E-state index in [0.29, 0.717) is 12.5 Å². The number of allylic oxidation sites excluding steroid dienone is 1. The van der Waals surface area contributed by atoms with E-state index >= 15 is 0 Å². The first-order valence-corrected chi connectivity index (χ1v) is 11.0. The van der Waals surface area contributed by atoms with Crippen LogP contribution in [0.4, 0.5) is 0 Å². The normalized spacial score (nSPS) is 12.2. The molecule has 152 valence electrons. The molecule has 0 fully saturated rings. The first-order valence-electron chi connectivity index (χ1n) is 9.65. The highest BCUT2D eigenvalue weighted by atomic mass is 35.5. The summed E-state index contributed by atoms with van der Waals surface area (Å²) in [5.41, 5.74) is 2.44. The molecule has 1 unspecified atom stereocenters. The van der Waals surface area contributed by atoms with Gasteiger partial charge in [-0.15, -0.1) is 16.8 Å². The number of hydrogen-bond acceptors (Lipinski definition) is 4. The highest BCUT2D eigenvalue weighted by Gasteiger charge is 2.19. The van der Waals surface area contributed by atoms with Crippen LogP contribution >= 0.6 is 23.4 Å². The Morgan fingerprint density at radius 3 is 2.55 bits per heavy atom. The monoisotopic (exact) mass is 427 g/mol. The second kappa shape index (κ2) is 9.99. The zero-order valence-corrected chi connectivity index (χ0v) is 18.6. The summed E-state index contributed by atoms with van der Waals surface area (Å²) in [6.45, 7) is 10.8. The van der Waals surface area contributed by atoms with Crippen LogP contribution in [0.2, 0.25) is 5.02 Å². The Morgan fingerprint density at radius 1 is 1.14 bits per heavy atom. The Kier molecular flexibility index (Phi) is 7.40. The van der Waals surface area contributed by atoms with Gasteiger partial charge >= 0.3 is 0 Å². The maximum atomic E-state index is 6.13. The predicted molar refractivity (Wildman–Crippen MR) is 121 cm³/mol. The summed E-state index contributed by atoms with van der Waals surface area (Å²) in [6, 6.07) is 16.1. The Hall–Kier alpha value is -2.24. The molecular formula is C23H26ClN3OS. The molecule has 29 heavy (non-hydrogen) atoms. The minimum atomic E-state index is -0.229. The molecule has 1 atom stereocenters. The first-order chi connectivity index (χ1) is 14.0. The standard InChI is InChI=1S/C23H26ClN3OS/c1-5-13-27-22(17(4)28-21-11-9-19(10-12-21)16(2)3)25-26-23(27)29-15-18-7-6-8-20(24)14-18/h5-12,14,16-17H,1,13,15H2,2-4H3. The average molecular weight is 428 g/mol. The van der Waals surface area contributed by atoms with Crippen molar-refractivity contribution in [2.24, 2.45) is 0 Å². The number of halogens is 1. The van der Waals surface area contributed by atoms with Crippen LogP contribution in [0.3, 0.4) is 0 Å². The molecule has 0 aliphatic carbocycles. The highest BCUT2D eigenvalue weighted by Crippen LogP contribution is 2.28. The lowest BCUT2D eigenvalue weighted by molar-refractivity contribution is 0.210. The van der Waals surface area contributed by atoms with Crippen molar-refractivity contribution in [3.05, 3.63) is 83.2 Å². The van der Waals surface area contributed by atoms with Gasteiger partial charge < -0.3 is 4.74 Å². The highest BCUT2D eigenvalue weighted by molar-refractivity contribution is 7.98. The molecule has 0 bridgehead atoms. The summed E-state index contributed by atoms with van der Waals surface area (Å²) in [5.74, 6) is 2.87. The smallest absolute Gasteiger partial charge is 0.191 e. The molecule has 0 amide bonds. The van der Waals surface area contributed by atoms with E-state index in [1.54, 1.807) is 11.8 Å². The van der Waals surface area contributed by atoms with Crippen molar-refractivity contribution in [3.8, 4) is 5.75 Å². The maximum Gasteiger partial charge on any atom is 0.191 e. The second-order valence-corrected chi connectivity index (χ2v) is 8.52. The molecule has 2 aromatic carbocycles. The molecule has 3 aromatic rings. The minimum absolute atomic E-state index is 0.229. The molecule has 1 heterocycles. The van der Waals surface area contributed by atoms with Gasteiger partial charge in [0, 0.05) is 17.3 Å². The summed E-state index contributed by atoms with van der Waals surface area (Å²) in [5, 5.41) is 10.4. The lowest BCUT2D eigenvalue weighted by Crippen LogP contribution is -2.12. The fourth-order valence-electron chi connectivity index (χ4n) is 2.97. The summed E-state index contributed by atoms with van der Waals surface area (Å²) in [4.78, 5) is 0. The van der Waals surface area contributed by atoms with Gasteiger partial charge in [0.25, 0.3) is 0 Å². The number of rotatable bonds is 9. The van der Waals surface area contributed by atoms with E-state index in [1.165, 1.54) is 5.56 Å². The topological polar surface area (TPSA) is 39.9 Å². The Labute approximate surface area is 182 Å². The molecule has 4 nitrogen and oxygen atoms in total. The molecule has 0 saturated heterocycles. The van der Waals surface area contributed by atoms with Gasteiger partial charge in [0.05, 0.1) is 0 Å². The van der Waals surface area contributed by atoms with Crippen LogP contribution in [0.15, 0.2) is 66.3 Å². The van der Waals surface area contributed by atoms with Gasteiger partial charge in [0.2, 0.25) is 0 Å². The number of ether oxygens (including phenoxy) is 1. The van der Waals surface area contributed by atoms with E-state index in [4.69, 9.17) is 16.3 Å². The van der Waals surface area contributed by atoms with Crippen molar-refractivity contribution in [2.45, 2.75) is 50.2 Å². The predicted octanol–water partition coefficient (Wildman–Crippen LogP) is 6.67. The molecule has 3 rings (SSSR count). The first kappa shape index (κ1) is 21.5. The third kappa shape index (κ3) is 5.64. The van der Waals surface area contributed by atoms with E-state index in [1.807, 2.05) is 43.3 Å². The fraction of sp³-hybridized carbons (Fsp3) is 0.304. The second-order valence-electron chi connectivity index (χ2n) is 7.14. The number of hydrogen-bond donors (Lipinski definition) is 0. The average Bonchev–Trinajstić information content (AvgIpc) is 3.10. The molecule has 0 aliphatic rings. The van der Waals surface area contributed by atoms with Crippen molar-refractivity contribution in [1.29, 1.82) is 0 Å². The van der Waals surface area contributed by atoms with Crippen LogP contribution in [-0.2, 0) is 12.3 Å². The zero-order chi connectivity index (χ0) is 20.8. The SMILES string of the molecule is C=CCn1c(SCc2cccc(Cl)c2)nnc1C(C)Oc1ccc(C(C)C)cc1. The lowest BCUT2D eigenvalue weighted by Gasteiger charge is -2.16. The van der Waals surface area contributed by atoms with Crippen LogP contribution in [0, 0.1) is 0 Å². The lowest BCUT2D eigenvalue weighted by atomic mass is 10.0. The summed E-state index contributed by atoms with van der Waals surface area (Å²) in [7, 11) is 0. The van der Waals surface area contributed by atoms with Crippen LogP contribution < -0.4 is 4.74 Å². The van der Waals surface area contributed by atoms with Crippen molar-refractivity contribution in [3.63, 3.8) is 0 Å². The number of benzene rings is 2. The molecule has 0 N–H and O–H groups in total. The summed E-state index contributed by atoms with van der Waals surface area (Å²) >= 11 is 7.71. The Morgan fingerprint density at radius 2 is 1.90 bits per heavy atom. The van der Waals surface area contributed by atoms with E-state index in [-0.39, 0.29) is 6.10 Å². The van der Waals surface area contributed by atoms with Crippen LogP contribution in [0.25, 0.3) is 0 Å². The molecule has 0 saturated carbocycles. The molecule has 0 radical (unpaired) electrons. The van der Waals surface area contributed by atoms with Gasteiger partial charge in [-0.1, -0.05) is 67.6 Å². The largest absolute Gasteiger partial charge is 0.483 e. The third-order valence-corrected chi connectivity index (χ3v) is 5.81. The van der Waals surface area contributed by atoms with Gasteiger partial charge in [-0.3, -0.25) is 4.57 Å². The van der Waals surface area contributed by atoms with Gasteiger partial charge in [-0.05, 0) is 48.2 Å². The summed E-state index contributed by atoms with van der Waals surface area (Å²) < 4.78 is 8.18. The minimum Gasteiger partial charge on any atom is -0.483 e. The van der Waals surface area contributed by atoms with Gasteiger partial charge in [-0.2, -0.15) is 0 Å². The molecule has 0 spiro atoms. The molecular weight excluding hydrogens is 402 g/mol. The van der Waals surface area contributed by atoms with E-state index in [0.717, 1.165) is 33.1 Å². The van der Waals surface area contributed by atoms with E-state index in [9.17, 15) is 0 Å². The van der Waals surface area contributed by atoms with E-state index < -0.39 is 0 Å². The fourth-order valence-corrected chi connectivity index (χ4v) is 4.08. The van der Waals surface area contributed by atoms with Crippen molar-refractivity contribution < 1.29 is 4.74 Å². The molecule has 1 aromatic heterocycles. The Balaban J connectivity index is 1.73.